The molecule has 2 aliphatic rings. The Labute approximate surface area is 134 Å². The monoisotopic (exact) mass is 303 g/mol. The summed E-state index contributed by atoms with van der Waals surface area (Å²) in [7, 11) is 0. The highest BCUT2D eigenvalue weighted by Gasteiger charge is 2.42. The average Bonchev–Trinajstić information content (AvgIpc) is 2.92. The van der Waals surface area contributed by atoms with Gasteiger partial charge in [0, 0.05) is 24.1 Å². The van der Waals surface area contributed by atoms with E-state index in [0.29, 0.717) is 12.0 Å². The highest BCUT2D eigenvalue weighted by Crippen LogP contribution is 2.47. The second kappa shape index (κ2) is 6.49. The van der Waals surface area contributed by atoms with Gasteiger partial charge in [-0.2, -0.15) is 0 Å². The van der Waals surface area contributed by atoms with Gasteiger partial charge in [0.05, 0.1) is 6.61 Å². The van der Waals surface area contributed by atoms with E-state index < -0.39 is 0 Å². The van der Waals surface area contributed by atoms with Crippen molar-refractivity contribution in [1.82, 2.24) is 5.32 Å². The van der Waals surface area contributed by atoms with Crippen molar-refractivity contribution in [2.75, 3.05) is 13.2 Å². The van der Waals surface area contributed by atoms with Crippen LogP contribution in [0.15, 0.2) is 18.2 Å². The largest absolute Gasteiger partial charge is 0.493 e. The molecule has 0 amide bonds. The zero-order valence-corrected chi connectivity index (χ0v) is 14.2. The minimum atomic E-state index is 0.0521. The SMILES string of the molecule is CCNC1CC2(CCCC2)Oc2cc(OCC(C)C)ccc21. The smallest absolute Gasteiger partial charge is 0.128 e. The molecule has 0 radical (unpaired) electrons. The Hall–Kier alpha value is -1.22. The van der Waals surface area contributed by atoms with Crippen LogP contribution in [0.25, 0.3) is 0 Å². The molecular formula is C19H29NO2. The first-order valence-corrected chi connectivity index (χ1v) is 8.81. The molecule has 3 nitrogen and oxygen atoms in total. The van der Waals surface area contributed by atoms with Crippen LogP contribution in [0, 0.1) is 5.92 Å². The van der Waals surface area contributed by atoms with Crippen LogP contribution < -0.4 is 14.8 Å². The summed E-state index contributed by atoms with van der Waals surface area (Å²) in [5.41, 5.74) is 1.34. The van der Waals surface area contributed by atoms with Gasteiger partial charge >= 0.3 is 0 Å². The van der Waals surface area contributed by atoms with Crippen LogP contribution >= 0.6 is 0 Å². The van der Waals surface area contributed by atoms with Gasteiger partial charge in [0.15, 0.2) is 0 Å². The number of hydrogen-bond donors (Lipinski definition) is 1. The molecule has 1 heterocycles. The van der Waals surface area contributed by atoms with Crippen LogP contribution in [0.3, 0.4) is 0 Å². The van der Waals surface area contributed by atoms with Gasteiger partial charge in [-0.15, -0.1) is 0 Å². The Bertz CT molecular complexity index is 506. The van der Waals surface area contributed by atoms with E-state index in [9.17, 15) is 0 Å². The van der Waals surface area contributed by atoms with Crippen LogP contribution in [-0.4, -0.2) is 18.8 Å². The van der Waals surface area contributed by atoms with Gasteiger partial charge in [-0.3, -0.25) is 0 Å². The fourth-order valence-corrected chi connectivity index (χ4v) is 3.75. The van der Waals surface area contributed by atoms with Crippen molar-refractivity contribution >= 4 is 0 Å². The summed E-state index contributed by atoms with van der Waals surface area (Å²) in [6, 6.07) is 6.77. The van der Waals surface area contributed by atoms with Crippen molar-refractivity contribution in [3.63, 3.8) is 0 Å². The third kappa shape index (κ3) is 3.24. The number of fused-ring (bicyclic) bond motifs is 1. The van der Waals surface area contributed by atoms with Crippen LogP contribution in [0.5, 0.6) is 11.5 Å². The van der Waals surface area contributed by atoms with Crippen molar-refractivity contribution in [2.24, 2.45) is 5.92 Å². The predicted molar refractivity (Wildman–Crippen MR) is 89.6 cm³/mol. The number of hydrogen-bond acceptors (Lipinski definition) is 3. The molecule has 122 valence electrons. The molecule has 1 fully saturated rings. The van der Waals surface area contributed by atoms with E-state index in [4.69, 9.17) is 9.47 Å². The average molecular weight is 303 g/mol. The van der Waals surface area contributed by atoms with E-state index in [-0.39, 0.29) is 5.60 Å². The second-order valence-electron chi connectivity index (χ2n) is 7.21. The van der Waals surface area contributed by atoms with E-state index in [2.05, 4.69) is 44.3 Å². The van der Waals surface area contributed by atoms with Crippen LogP contribution in [0.2, 0.25) is 0 Å². The van der Waals surface area contributed by atoms with Crippen molar-refractivity contribution in [1.29, 1.82) is 0 Å². The first-order valence-electron chi connectivity index (χ1n) is 8.81. The number of ether oxygens (including phenoxy) is 2. The Morgan fingerprint density at radius 1 is 1.32 bits per heavy atom. The molecule has 1 unspecified atom stereocenters. The predicted octanol–water partition coefficient (Wildman–Crippen LogP) is 4.47. The molecule has 22 heavy (non-hydrogen) atoms. The summed E-state index contributed by atoms with van der Waals surface area (Å²) < 4.78 is 12.4. The Morgan fingerprint density at radius 3 is 2.77 bits per heavy atom. The summed E-state index contributed by atoms with van der Waals surface area (Å²) in [5, 5.41) is 3.64. The van der Waals surface area contributed by atoms with Gasteiger partial charge in [-0.1, -0.05) is 26.8 Å². The lowest BCUT2D eigenvalue weighted by molar-refractivity contribution is 0.0367. The maximum atomic E-state index is 6.48. The highest BCUT2D eigenvalue weighted by atomic mass is 16.5. The van der Waals surface area contributed by atoms with Crippen molar-refractivity contribution in [3.8, 4) is 11.5 Å². The third-order valence-electron chi connectivity index (χ3n) is 4.81. The molecule has 3 rings (SSSR count). The molecule has 1 atom stereocenters. The van der Waals surface area contributed by atoms with E-state index in [0.717, 1.165) is 31.1 Å². The quantitative estimate of drug-likeness (QED) is 0.870. The fraction of sp³-hybridized carbons (Fsp3) is 0.684. The maximum absolute atomic E-state index is 6.48. The molecule has 0 aromatic heterocycles. The Balaban J connectivity index is 1.85. The highest BCUT2D eigenvalue weighted by molar-refractivity contribution is 5.44. The van der Waals surface area contributed by atoms with Gasteiger partial charge in [0.2, 0.25) is 0 Å². The minimum absolute atomic E-state index is 0.0521. The summed E-state index contributed by atoms with van der Waals surface area (Å²) in [4.78, 5) is 0. The Morgan fingerprint density at radius 2 is 2.09 bits per heavy atom. The fourth-order valence-electron chi connectivity index (χ4n) is 3.75. The van der Waals surface area contributed by atoms with Gasteiger partial charge in [0.1, 0.15) is 17.1 Å². The molecule has 1 saturated carbocycles. The van der Waals surface area contributed by atoms with E-state index in [1.165, 1.54) is 31.2 Å². The van der Waals surface area contributed by atoms with Gasteiger partial charge in [-0.25, -0.2) is 0 Å². The summed E-state index contributed by atoms with van der Waals surface area (Å²) in [5.74, 6) is 2.49. The molecule has 1 N–H and O–H groups in total. The van der Waals surface area contributed by atoms with Crippen molar-refractivity contribution in [2.45, 2.75) is 64.5 Å². The zero-order chi connectivity index (χ0) is 15.6. The molecule has 1 aliphatic carbocycles. The molecule has 3 heteroatoms. The summed E-state index contributed by atoms with van der Waals surface area (Å²) >= 11 is 0. The molecular weight excluding hydrogens is 274 g/mol. The normalized spacial score (nSPS) is 22.6. The maximum Gasteiger partial charge on any atom is 0.128 e. The molecule has 1 aromatic carbocycles. The second-order valence-corrected chi connectivity index (χ2v) is 7.21. The van der Waals surface area contributed by atoms with Crippen LogP contribution in [0.4, 0.5) is 0 Å². The summed E-state index contributed by atoms with van der Waals surface area (Å²) in [6.45, 7) is 8.26. The first-order chi connectivity index (χ1) is 10.6. The molecule has 1 spiro atoms. The lowest BCUT2D eigenvalue weighted by Gasteiger charge is -2.40. The topological polar surface area (TPSA) is 30.5 Å². The van der Waals surface area contributed by atoms with E-state index in [1.807, 2.05) is 0 Å². The zero-order valence-electron chi connectivity index (χ0n) is 14.2. The van der Waals surface area contributed by atoms with E-state index in [1.54, 1.807) is 0 Å². The number of rotatable bonds is 5. The molecule has 1 aliphatic heterocycles. The van der Waals surface area contributed by atoms with Gasteiger partial charge < -0.3 is 14.8 Å². The third-order valence-corrected chi connectivity index (χ3v) is 4.81. The van der Waals surface area contributed by atoms with Crippen molar-refractivity contribution in [3.05, 3.63) is 23.8 Å². The molecule has 0 saturated heterocycles. The van der Waals surface area contributed by atoms with Crippen molar-refractivity contribution < 1.29 is 9.47 Å². The van der Waals surface area contributed by atoms with Crippen LogP contribution in [0.1, 0.15) is 64.5 Å². The Kier molecular flexibility index (Phi) is 4.62. The standard InChI is InChI=1S/C19H29NO2/c1-4-20-17-12-19(9-5-6-10-19)22-18-11-15(7-8-16(17)18)21-13-14(2)3/h7-8,11,14,17,20H,4-6,9-10,12-13H2,1-3H3. The van der Waals surface area contributed by atoms with E-state index >= 15 is 0 Å². The number of benzene rings is 1. The lowest BCUT2D eigenvalue weighted by Crippen LogP contribution is -2.42. The first kappa shape index (κ1) is 15.7. The van der Waals surface area contributed by atoms with Crippen LogP contribution in [-0.2, 0) is 0 Å². The minimum Gasteiger partial charge on any atom is -0.493 e. The van der Waals surface area contributed by atoms with Gasteiger partial charge in [0.25, 0.3) is 0 Å². The molecule has 1 aromatic rings. The molecule has 0 bridgehead atoms. The van der Waals surface area contributed by atoms with Gasteiger partial charge in [-0.05, 0) is 44.2 Å². The number of nitrogens with one attached hydrogen (secondary N) is 1. The summed E-state index contributed by atoms with van der Waals surface area (Å²) in [6.07, 6.45) is 6.05. The lowest BCUT2D eigenvalue weighted by atomic mass is 9.86.